The van der Waals surface area contributed by atoms with Crippen LogP contribution in [-0.4, -0.2) is 35.3 Å². The minimum atomic E-state index is 0.0300. The Morgan fingerprint density at radius 1 is 1.15 bits per heavy atom. The number of hydrogen-bond acceptors (Lipinski definition) is 7. The van der Waals surface area contributed by atoms with Crippen LogP contribution in [0.2, 0.25) is 0 Å². The van der Waals surface area contributed by atoms with E-state index in [4.69, 9.17) is 4.42 Å². The van der Waals surface area contributed by atoms with Gasteiger partial charge in [-0.3, -0.25) is 4.90 Å². The van der Waals surface area contributed by atoms with Crippen LogP contribution >= 0.6 is 0 Å². The van der Waals surface area contributed by atoms with Crippen molar-refractivity contribution in [3.05, 3.63) is 53.0 Å². The van der Waals surface area contributed by atoms with E-state index in [0.29, 0.717) is 18.3 Å². The summed E-state index contributed by atoms with van der Waals surface area (Å²) in [5.41, 5.74) is 2.66. The lowest BCUT2D eigenvalue weighted by Gasteiger charge is -2.34. The van der Waals surface area contributed by atoms with Crippen LogP contribution in [0.4, 0.5) is 0 Å². The first kappa shape index (κ1) is 16.8. The third-order valence-electron chi connectivity index (χ3n) is 4.85. The maximum Gasteiger partial charge on any atom is 0.233 e. The highest BCUT2D eigenvalue weighted by Crippen LogP contribution is 2.33. The van der Waals surface area contributed by atoms with E-state index in [9.17, 15) is 0 Å². The van der Waals surface area contributed by atoms with Gasteiger partial charge in [0.15, 0.2) is 5.82 Å². The lowest BCUT2D eigenvalue weighted by Crippen LogP contribution is -2.35. The van der Waals surface area contributed by atoms with E-state index < -0.39 is 0 Å². The number of benzene rings is 1. The molecule has 0 radical (unpaired) electrons. The largest absolute Gasteiger partial charge is 0.424 e. The number of aromatic nitrogens is 6. The van der Waals surface area contributed by atoms with Crippen molar-refractivity contribution < 1.29 is 4.42 Å². The van der Waals surface area contributed by atoms with Crippen molar-refractivity contribution in [3.63, 3.8) is 0 Å². The monoisotopic (exact) mass is 353 g/mol. The van der Waals surface area contributed by atoms with Crippen LogP contribution in [0.3, 0.4) is 0 Å². The fraction of sp³-hybridized carbons (Fsp3) is 0.500. The van der Waals surface area contributed by atoms with Gasteiger partial charge in [0.1, 0.15) is 0 Å². The molecule has 8 heteroatoms. The molecule has 1 aromatic carbocycles. The summed E-state index contributed by atoms with van der Waals surface area (Å²) in [6.07, 6.45) is 3.02. The average Bonchev–Trinajstić information content (AvgIpc) is 3.28. The Labute approximate surface area is 152 Å². The molecule has 136 valence electrons. The summed E-state index contributed by atoms with van der Waals surface area (Å²) >= 11 is 0. The molecule has 2 aromatic heterocycles. The lowest BCUT2D eigenvalue weighted by atomic mass is 9.94. The van der Waals surface area contributed by atoms with Crippen molar-refractivity contribution in [2.75, 3.05) is 0 Å². The van der Waals surface area contributed by atoms with Crippen molar-refractivity contribution in [2.24, 2.45) is 0 Å². The fourth-order valence-electron chi connectivity index (χ4n) is 3.43. The van der Waals surface area contributed by atoms with Gasteiger partial charge in [-0.15, -0.1) is 15.3 Å². The third kappa shape index (κ3) is 3.37. The minimum absolute atomic E-state index is 0.0300. The number of aryl methyl sites for hydroxylation is 2. The van der Waals surface area contributed by atoms with Crippen LogP contribution in [0.25, 0.3) is 0 Å². The highest BCUT2D eigenvalue weighted by Gasteiger charge is 2.32. The standard InChI is InChI=1S/C18H23N7O/c1-3-4-9-25-17(20-22-23-25)12-24-11-15-8-6-5-7-14(15)10-16(24)18-21-19-13(2)26-18/h5-8,16H,3-4,9-12H2,1-2H3/t16-/m0/s1. The van der Waals surface area contributed by atoms with Gasteiger partial charge >= 0.3 is 0 Å². The van der Waals surface area contributed by atoms with E-state index in [2.05, 4.69) is 61.8 Å². The second-order valence-corrected chi connectivity index (χ2v) is 6.72. The van der Waals surface area contributed by atoms with Gasteiger partial charge in [-0.2, -0.15) is 0 Å². The predicted molar refractivity (Wildman–Crippen MR) is 93.9 cm³/mol. The molecule has 3 heterocycles. The maximum absolute atomic E-state index is 5.76. The number of fused-ring (bicyclic) bond motifs is 1. The molecule has 1 atom stereocenters. The van der Waals surface area contributed by atoms with Crippen LogP contribution < -0.4 is 0 Å². The topological polar surface area (TPSA) is 85.8 Å². The van der Waals surface area contributed by atoms with Crippen molar-refractivity contribution >= 4 is 0 Å². The molecule has 0 spiro atoms. The normalized spacial score (nSPS) is 17.4. The molecule has 0 fully saturated rings. The van der Waals surface area contributed by atoms with Crippen molar-refractivity contribution in [3.8, 4) is 0 Å². The Morgan fingerprint density at radius 3 is 2.77 bits per heavy atom. The predicted octanol–water partition coefficient (Wildman–Crippen LogP) is 2.46. The first-order valence-corrected chi connectivity index (χ1v) is 9.10. The first-order valence-electron chi connectivity index (χ1n) is 9.10. The van der Waals surface area contributed by atoms with Crippen LogP contribution in [0.1, 0.15) is 54.5 Å². The Kier molecular flexibility index (Phi) is 4.75. The van der Waals surface area contributed by atoms with E-state index in [0.717, 1.165) is 38.2 Å². The summed E-state index contributed by atoms with van der Waals surface area (Å²) in [5, 5.41) is 20.6. The van der Waals surface area contributed by atoms with Crippen LogP contribution in [0.5, 0.6) is 0 Å². The van der Waals surface area contributed by atoms with Gasteiger partial charge in [-0.1, -0.05) is 37.6 Å². The summed E-state index contributed by atoms with van der Waals surface area (Å²) < 4.78 is 7.66. The van der Waals surface area contributed by atoms with Crippen LogP contribution in [-0.2, 0) is 26.1 Å². The zero-order valence-corrected chi connectivity index (χ0v) is 15.2. The SMILES string of the molecule is CCCCn1nnnc1CN1Cc2ccccc2C[C@H]1c1nnc(C)o1. The highest BCUT2D eigenvalue weighted by atomic mass is 16.4. The minimum Gasteiger partial charge on any atom is -0.424 e. The molecule has 0 unspecified atom stereocenters. The first-order chi connectivity index (χ1) is 12.7. The Balaban J connectivity index is 1.62. The van der Waals surface area contributed by atoms with Gasteiger partial charge in [0.05, 0.1) is 12.6 Å². The van der Waals surface area contributed by atoms with Crippen molar-refractivity contribution in [1.29, 1.82) is 0 Å². The molecule has 0 aliphatic carbocycles. The van der Waals surface area contributed by atoms with E-state index in [1.54, 1.807) is 0 Å². The Morgan fingerprint density at radius 2 is 2.00 bits per heavy atom. The molecule has 0 amide bonds. The van der Waals surface area contributed by atoms with Gasteiger partial charge in [-0.05, 0) is 34.4 Å². The average molecular weight is 353 g/mol. The van der Waals surface area contributed by atoms with E-state index in [1.165, 1.54) is 11.1 Å². The molecule has 0 saturated heterocycles. The Hall–Kier alpha value is -2.61. The number of tetrazole rings is 1. The smallest absolute Gasteiger partial charge is 0.233 e. The summed E-state index contributed by atoms with van der Waals surface area (Å²) in [7, 11) is 0. The summed E-state index contributed by atoms with van der Waals surface area (Å²) in [5.74, 6) is 2.12. The zero-order valence-electron chi connectivity index (χ0n) is 15.2. The molecule has 26 heavy (non-hydrogen) atoms. The molecule has 1 aliphatic rings. The molecule has 3 aromatic rings. The second-order valence-electron chi connectivity index (χ2n) is 6.72. The van der Waals surface area contributed by atoms with E-state index in [1.807, 2.05) is 11.6 Å². The second kappa shape index (κ2) is 7.33. The molecule has 4 rings (SSSR count). The number of unbranched alkanes of at least 4 members (excludes halogenated alkanes) is 1. The van der Waals surface area contributed by atoms with Crippen LogP contribution in [0.15, 0.2) is 28.7 Å². The molecule has 0 bridgehead atoms. The van der Waals surface area contributed by atoms with Gasteiger partial charge in [0.25, 0.3) is 0 Å². The molecule has 0 saturated carbocycles. The number of hydrogen-bond donors (Lipinski definition) is 0. The molecule has 0 N–H and O–H groups in total. The number of rotatable bonds is 6. The van der Waals surface area contributed by atoms with Gasteiger partial charge in [0.2, 0.25) is 11.8 Å². The van der Waals surface area contributed by atoms with Gasteiger partial charge < -0.3 is 4.42 Å². The molecular weight excluding hydrogens is 330 g/mol. The molecule has 1 aliphatic heterocycles. The summed E-state index contributed by atoms with van der Waals surface area (Å²) in [6, 6.07) is 8.55. The molecule has 8 nitrogen and oxygen atoms in total. The quantitative estimate of drug-likeness (QED) is 0.673. The fourth-order valence-corrected chi connectivity index (χ4v) is 3.43. The van der Waals surface area contributed by atoms with Crippen molar-refractivity contribution in [1.82, 2.24) is 35.3 Å². The zero-order chi connectivity index (χ0) is 17.9. The third-order valence-corrected chi connectivity index (χ3v) is 4.85. The maximum atomic E-state index is 5.76. The number of nitrogens with zero attached hydrogens (tertiary/aromatic N) is 7. The van der Waals surface area contributed by atoms with Crippen molar-refractivity contribution in [2.45, 2.75) is 58.8 Å². The van der Waals surface area contributed by atoms with E-state index >= 15 is 0 Å². The Bertz CT molecular complexity index is 872. The molecular formula is C18H23N7O. The van der Waals surface area contributed by atoms with Gasteiger partial charge in [0, 0.05) is 20.0 Å². The summed E-state index contributed by atoms with van der Waals surface area (Å²) in [4.78, 5) is 2.32. The van der Waals surface area contributed by atoms with Crippen LogP contribution in [0, 0.1) is 6.92 Å². The van der Waals surface area contributed by atoms with E-state index in [-0.39, 0.29) is 6.04 Å². The highest BCUT2D eigenvalue weighted by molar-refractivity contribution is 5.30. The van der Waals surface area contributed by atoms with Gasteiger partial charge in [-0.25, -0.2) is 4.68 Å². The lowest BCUT2D eigenvalue weighted by molar-refractivity contribution is 0.131. The summed E-state index contributed by atoms with van der Waals surface area (Å²) in [6.45, 7) is 6.29.